The van der Waals surface area contributed by atoms with Gasteiger partial charge in [-0.2, -0.15) is 5.10 Å². The lowest BCUT2D eigenvalue weighted by molar-refractivity contribution is 0.828. The van der Waals surface area contributed by atoms with Gasteiger partial charge in [-0.3, -0.25) is 0 Å². The highest BCUT2D eigenvalue weighted by molar-refractivity contribution is 5.75. The van der Waals surface area contributed by atoms with Crippen molar-refractivity contribution in [3.05, 3.63) is 54.7 Å². The van der Waals surface area contributed by atoms with Gasteiger partial charge in [0.05, 0.1) is 6.20 Å². The lowest BCUT2D eigenvalue weighted by atomic mass is 10.1. The molecule has 0 spiro atoms. The molecule has 0 atom stereocenters. The van der Waals surface area contributed by atoms with Crippen LogP contribution in [0.15, 0.2) is 49.1 Å². The second kappa shape index (κ2) is 5.13. The Morgan fingerprint density at radius 2 is 2.05 bits per heavy atom. The minimum absolute atomic E-state index is 0.740. The number of rotatable bonds is 3. The van der Waals surface area contributed by atoms with Crippen molar-refractivity contribution >= 4 is 5.69 Å². The molecule has 2 N–H and O–H groups in total. The Kier molecular flexibility index (Phi) is 3.16. The Bertz CT molecular complexity index is 732. The van der Waals surface area contributed by atoms with Gasteiger partial charge in [-0.15, -0.1) is 0 Å². The van der Waals surface area contributed by atoms with Gasteiger partial charge < -0.3 is 5.73 Å². The van der Waals surface area contributed by atoms with Crippen molar-refractivity contribution in [1.29, 1.82) is 0 Å². The molecule has 0 radical (unpaired) electrons. The summed E-state index contributed by atoms with van der Waals surface area (Å²) < 4.78 is 1.74. The summed E-state index contributed by atoms with van der Waals surface area (Å²) in [5.41, 5.74) is 9.66. The van der Waals surface area contributed by atoms with Crippen LogP contribution in [0.1, 0.15) is 12.6 Å². The van der Waals surface area contributed by atoms with Gasteiger partial charge in [-0.25, -0.2) is 14.6 Å². The lowest BCUT2D eigenvalue weighted by Crippen LogP contribution is -2.00. The zero-order chi connectivity index (χ0) is 13.9. The molecular formula is C15H15N5. The lowest BCUT2D eigenvalue weighted by Gasteiger charge is -2.02. The highest BCUT2D eigenvalue weighted by Crippen LogP contribution is 2.25. The smallest absolute Gasteiger partial charge is 0.156 e. The van der Waals surface area contributed by atoms with Crippen molar-refractivity contribution in [2.24, 2.45) is 0 Å². The third-order valence-electron chi connectivity index (χ3n) is 3.16. The van der Waals surface area contributed by atoms with E-state index in [1.54, 1.807) is 17.2 Å². The SMILES string of the molecule is CCc1cc(-n2cc(-c3ccccc3N)cn2)ncn1. The minimum Gasteiger partial charge on any atom is -0.398 e. The van der Waals surface area contributed by atoms with Gasteiger partial charge in [0.25, 0.3) is 0 Å². The topological polar surface area (TPSA) is 69.6 Å². The van der Waals surface area contributed by atoms with Crippen molar-refractivity contribution in [3.63, 3.8) is 0 Å². The van der Waals surface area contributed by atoms with E-state index in [0.29, 0.717) is 0 Å². The molecule has 100 valence electrons. The van der Waals surface area contributed by atoms with Gasteiger partial charge in [-0.05, 0) is 12.5 Å². The Balaban J connectivity index is 2.00. The van der Waals surface area contributed by atoms with Crippen molar-refractivity contribution in [1.82, 2.24) is 19.7 Å². The van der Waals surface area contributed by atoms with E-state index in [-0.39, 0.29) is 0 Å². The number of hydrogen-bond donors (Lipinski definition) is 1. The number of aryl methyl sites for hydroxylation is 1. The summed E-state index contributed by atoms with van der Waals surface area (Å²) >= 11 is 0. The van der Waals surface area contributed by atoms with E-state index in [1.165, 1.54) is 0 Å². The molecule has 5 heteroatoms. The monoisotopic (exact) mass is 265 g/mol. The highest BCUT2D eigenvalue weighted by atomic mass is 15.3. The average Bonchev–Trinajstić information content (AvgIpc) is 2.97. The molecule has 2 aromatic heterocycles. The van der Waals surface area contributed by atoms with Gasteiger partial charge in [-0.1, -0.05) is 25.1 Å². The Morgan fingerprint density at radius 1 is 1.20 bits per heavy atom. The van der Waals surface area contributed by atoms with E-state index < -0.39 is 0 Å². The molecule has 0 saturated heterocycles. The molecule has 1 aromatic carbocycles. The van der Waals surface area contributed by atoms with Gasteiger partial charge >= 0.3 is 0 Å². The number of nitrogen functional groups attached to an aromatic ring is 1. The Morgan fingerprint density at radius 3 is 2.85 bits per heavy atom. The van der Waals surface area contributed by atoms with Gasteiger partial charge in [0, 0.05) is 34.8 Å². The predicted molar refractivity (Wildman–Crippen MR) is 78.4 cm³/mol. The third kappa shape index (κ3) is 2.25. The summed E-state index contributed by atoms with van der Waals surface area (Å²) in [5, 5.41) is 4.35. The van der Waals surface area contributed by atoms with Crippen LogP contribution in [0.25, 0.3) is 16.9 Å². The molecule has 0 unspecified atom stereocenters. The van der Waals surface area contributed by atoms with E-state index in [0.717, 1.165) is 34.7 Å². The van der Waals surface area contributed by atoms with Crippen molar-refractivity contribution in [2.45, 2.75) is 13.3 Å². The molecule has 0 aliphatic rings. The number of benzene rings is 1. The number of anilines is 1. The summed E-state index contributed by atoms with van der Waals surface area (Å²) in [5.74, 6) is 0.762. The molecule has 3 aromatic rings. The van der Waals surface area contributed by atoms with E-state index in [2.05, 4.69) is 22.0 Å². The number of para-hydroxylation sites is 1. The number of nitrogens with zero attached hydrogens (tertiary/aromatic N) is 4. The second-order valence-electron chi connectivity index (χ2n) is 4.48. The Hall–Kier alpha value is -2.69. The molecule has 0 amide bonds. The zero-order valence-corrected chi connectivity index (χ0v) is 11.2. The van der Waals surface area contributed by atoms with Crippen LogP contribution in [0.2, 0.25) is 0 Å². The highest BCUT2D eigenvalue weighted by Gasteiger charge is 2.07. The predicted octanol–water partition coefficient (Wildman–Crippen LogP) is 2.47. The Labute approximate surface area is 117 Å². The third-order valence-corrected chi connectivity index (χ3v) is 3.16. The van der Waals surface area contributed by atoms with E-state index >= 15 is 0 Å². The largest absolute Gasteiger partial charge is 0.398 e. The summed E-state index contributed by atoms with van der Waals surface area (Å²) in [6.45, 7) is 2.06. The summed E-state index contributed by atoms with van der Waals surface area (Å²) in [6, 6.07) is 9.68. The maximum Gasteiger partial charge on any atom is 0.156 e. The van der Waals surface area contributed by atoms with Crippen LogP contribution in [-0.4, -0.2) is 19.7 Å². The first-order valence-corrected chi connectivity index (χ1v) is 6.49. The van der Waals surface area contributed by atoms with Crippen LogP contribution >= 0.6 is 0 Å². The summed E-state index contributed by atoms with van der Waals surface area (Å²) in [7, 11) is 0. The molecule has 2 heterocycles. The van der Waals surface area contributed by atoms with E-state index in [9.17, 15) is 0 Å². The van der Waals surface area contributed by atoms with Gasteiger partial charge in [0.15, 0.2) is 5.82 Å². The molecule has 20 heavy (non-hydrogen) atoms. The molecule has 0 fully saturated rings. The first-order valence-electron chi connectivity index (χ1n) is 6.49. The van der Waals surface area contributed by atoms with Crippen molar-refractivity contribution < 1.29 is 0 Å². The maximum absolute atomic E-state index is 5.98. The normalized spacial score (nSPS) is 10.7. The molecule has 3 rings (SSSR count). The number of hydrogen-bond acceptors (Lipinski definition) is 4. The van der Waals surface area contributed by atoms with Crippen LogP contribution < -0.4 is 5.73 Å². The average molecular weight is 265 g/mol. The second-order valence-corrected chi connectivity index (χ2v) is 4.48. The molecule has 5 nitrogen and oxygen atoms in total. The van der Waals surface area contributed by atoms with Crippen LogP contribution in [0, 0.1) is 0 Å². The fraction of sp³-hybridized carbons (Fsp3) is 0.133. The van der Waals surface area contributed by atoms with E-state index in [1.807, 2.05) is 36.5 Å². The summed E-state index contributed by atoms with van der Waals surface area (Å²) in [4.78, 5) is 8.44. The number of nitrogens with two attached hydrogens (primary N) is 1. The molecule has 0 bridgehead atoms. The molecule has 0 aliphatic heterocycles. The van der Waals surface area contributed by atoms with Crippen molar-refractivity contribution in [2.75, 3.05) is 5.73 Å². The van der Waals surface area contributed by atoms with Gasteiger partial charge in [0.2, 0.25) is 0 Å². The molecule has 0 saturated carbocycles. The first kappa shape index (κ1) is 12.3. The maximum atomic E-state index is 5.98. The first-order chi connectivity index (χ1) is 9.78. The molecular weight excluding hydrogens is 250 g/mol. The quantitative estimate of drug-likeness (QED) is 0.739. The fourth-order valence-corrected chi connectivity index (χ4v) is 2.05. The van der Waals surface area contributed by atoms with Gasteiger partial charge in [0.1, 0.15) is 6.33 Å². The number of aromatic nitrogens is 4. The van der Waals surface area contributed by atoms with Crippen LogP contribution in [0.5, 0.6) is 0 Å². The fourth-order valence-electron chi connectivity index (χ4n) is 2.05. The molecule has 0 aliphatic carbocycles. The van der Waals surface area contributed by atoms with Crippen LogP contribution in [-0.2, 0) is 6.42 Å². The standard InChI is InChI=1S/C15H15N5/c1-2-12-7-15(18-10-17-12)20-9-11(8-19-20)13-5-3-4-6-14(13)16/h3-10H,2,16H2,1H3. The van der Waals surface area contributed by atoms with E-state index in [4.69, 9.17) is 5.73 Å². The van der Waals surface area contributed by atoms with Crippen LogP contribution in [0.3, 0.4) is 0 Å². The minimum atomic E-state index is 0.740. The zero-order valence-electron chi connectivity index (χ0n) is 11.2. The summed E-state index contributed by atoms with van der Waals surface area (Å²) in [6.07, 6.45) is 6.15. The van der Waals surface area contributed by atoms with Crippen LogP contribution in [0.4, 0.5) is 5.69 Å². The van der Waals surface area contributed by atoms with Crippen molar-refractivity contribution in [3.8, 4) is 16.9 Å².